The molecule has 0 amide bonds. The fourth-order valence-electron chi connectivity index (χ4n) is 2.95. The van der Waals surface area contributed by atoms with Gasteiger partial charge < -0.3 is 20.3 Å². The molecule has 0 aromatic carbocycles. The maximum absolute atomic E-state index is 13.2. The van der Waals surface area contributed by atoms with Gasteiger partial charge >= 0.3 is 0 Å². The molecule has 3 aromatic heterocycles. The Morgan fingerprint density at radius 3 is 2.69 bits per heavy atom. The predicted molar refractivity (Wildman–Crippen MR) is 111 cm³/mol. The van der Waals surface area contributed by atoms with Crippen molar-refractivity contribution >= 4 is 34.1 Å². The molecule has 1 atom stereocenters. The Morgan fingerprint density at radius 1 is 1.17 bits per heavy atom. The van der Waals surface area contributed by atoms with Crippen LogP contribution in [0.15, 0.2) is 30.6 Å². The van der Waals surface area contributed by atoms with E-state index in [9.17, 15) is 4.39 Å². The van der Waals surface area contributed by atoms with Gasteiger partial charge in [0.15, 0.2) is 5.13 Å². The summed E-state index contributed by atoms with van der Waals surface area (Å²) >= 11 is 1.56. The molecule has 1 saturated heterocycles. The highest BCUT2D eigenvalue weighted by Gasteiger charge is 2.17. The molecule has 0 aliphatic carbocycles. The van der Waals surface area contributed by atoms with Gasteiger partial charge in [-0.15, -0.1) is 11.3 Å². The standard InChI is InChI=1S/C19H22FN7OS/c1-12-10-22-19(29-12)25-16-9-17(27-5-7-28-8-6-27)26-18(24-16)23-13(2)15-4-3-14(20)11-21-15/h3-4,9-11,13H,5-8H2,1-2H3,(H2,22,23,24,25,26)/t13-/m0/s1. The van der Waals surface area contributed by atoms with Gasteiger partial charge in [-0.05, 0) is 26.0 Å². The van der Waals surface area contributed by atoms with Crippen molar-refractivity contribution in [2.45, 2.75) is 19.9 Å². The van der Waals surface area contributed by atoms with Crippen LogP contribution in [0.3, 0.4) is 0 Å². The number of halogens is 1. The topological polar surface area (TPSA) is 88.1 Å². The van der Waals surface area contributed by atoms with Crippen LogP contribution in [0.5, 0.6) is 0 Å². The Balaban J connectivity index is 1.60. The zero-order valence-electron chi connectivity index (χ0n) is 16.2. The van der Waals surface area contributed by atoms with Crippen molar-refractivity contribution in [3.05, 3.63) is 47.0 Å². The third-order valence-electron chi connectivity index (χ3n) is 4.44. The molecule has 4 rings (SSSR count). The SMILES string of the molecule is Cc1cnc(Nc2cc(N3CCOCC3)nc(N[C@@H](C)c3ccc(F)cn3)n2)s1. The number of nitrogens with one attached hydrogen (secondary N) is 2. The second kappa shape index (κ2) is 8.66. The maximum Gasteiger partial charge on any atom is 0.227 e. The van der Waals surface area contributed by atoms with Crippen LogP contribution in [0.2, 0.25) is 0 Å². The van der Waals surface area contributed by atoms with E-state index in [0.717, 1.165) is 28.9 Å². The van der Waals surface area contributed by atoms with Crippen molar-refractivity contribution < 1.29 is 9.13 Å². The van der Waals surface area contributed by atoms with Crippen molar-refractivity contribution in [3.63, 3.8) is 0 Å². The van der Waals surface area contributed by atoms with Gasteiger partial charge in [0.2, 0.25) is 5.95 Å². The zero-order valence-corrected chi connectivity index (χ0v) is 17.0. The van der Waals surface area contributed by atoms with E-state index in [1.54, 1.807) is 17.4 Å². The second-order valence-corrected chi connectivity index (χ2v) is 7.94. The molecule has 0 unspecified atom stereocenters. The molecular weight excluding hydrogens is 393 g/mol. The number of hydrogen-bond acceptors (Lipinski definition) is 9. The summed E-state index contributed by atoms with van der Waals surface area (Å²) in [5.74, 6) is 1.55. The molecule has 1 fully saturated rings. The molecule has 4 heterocycles. The molecule has 8 nitrogen and oxygen atoms in total. The second-order valence-electron chi connectivity index (χ2n) is 6.70. The highest BCUT2D eigenvalue weighted by Crippen LogP contribution is 2.26. The van der Waals surface area contributed by atoms with Gasteiger partial charge in [0, 0.05) is 30.2 Å². The molecule has 3 aromatic rings. The van der Waals surface area contributed by atoms with Crippen molar-refractivity contribution in [2.75, 3.05) is 41.8 Å². The monoisotopic (exact) mass is 415 g/mol. The van der Waals surface area contributed by atoms with Crippen molar-refractivity contribution in [1.29, 1.82) is 0 Å². The van der Waals surface area contributed by atoms with Crippen molar-refractivity contribution in [3.8, 4) is 0 Å². The molecule has 0 saturated carbocycles. The van der Waals surface area contributed by atoms with E-state index in [0.29, 0.717) is 30.7 Å². The predicted octanol–water partition coefficient (Wildman–Crippen LogP) is 3.53. The molecule has 1 aliphatic heterocycles. The van der Waals surface area contributed by atoms with E-state index >= 15 is 0 Å². The molecule has 0 radical (unpaired) electrons. The van der Waals surface area contributed by atoms with Gasteiger partial charge in [-0.2, -0.15) is 9.97 Å². The molecule has 0 spiro atoms. The summed E-state index contributed by atoms with van der Waals surface area (Å²) in [6, 6.07) is 4.76. The Bertz CT molecular complexity index is 959. The first-order chi connectivity index (χ1) is 14.1. The molecule has 10 heteroatoms. The molecule has 29 heavy (non-hydrogen) atoms. The zero-order chi connectivity index (χ0) is 20.2. The Morgan fingerprint density at radius 2 is 2.00 bits per heavy atom. The first-order valence-electron chi connectivity index (χ1n) is 9.36. The Kier molecular flexibility index (Phi) is 5.81. The third-order valence-corrected chi connectivity index (χ3v) is 5.27. The number of aromatic nitrogens is 4. The molecule has 2 N–H and O–H groups in total. The smallest absolute Gasteiger partial charge is 0.227 e. The number of pyridine rings is 1. The molecule has 152 valence electrons. The lowest BCUT2D eigenvalue weighted by molar-refractivity contribution is 0.122. The number of ether oxygens (including phenoxy) is 1. The fraction of sp³-hybridized carbons (Fsp3) is 0.368. The van der Waals surface area contributed by atoms with Gasteiger partial charge in [-0.25, -0.2) is 9.37 Å². The summed E-state index contributed by atoms with van der Waals surface area (Å²) in [5.41, 5.74) is 0.705. The summed E-state index contributed by atoms with van der Waals surface area (Å²) in [6.45, 7) is 6.80. The van der Waals surface area contributed by atoms with Crippen LogP contribution in [0, 0.1) is 12.7 Å². The number of anilines is 4. The average Bonchev–Trinajstić information content (AvgIpc) is 3.13. The van der Waals surface area contributed by atoms with Gasteiger partial charge in [0.25, 0.3) is 0 Å². The number of morpholine rings is 1. The number of thiazole rings is 1. The van der Waals surface area contributed by atoms with E-state index in [4.69, 9.17) is 4.74 Å². The lowest BCUT2D eigenvalue weighted by Gasteiger charge is -2.28. The van der Waals surface area contributed by atoms with Crippen molar-refractivity contribution in [2.24, 2.45) is 0 Å². The normalized spacial score (nSPS) is 15.2. The summed E-state index contributed by atoms with van der Waals surface area (Å²) in [4.78, 5) is 21.0. The molecular formula is C19H22FN7OS. The Hall–Kier alpha value is -2.85. The number of hydrogen-bond donors (Lipinski definition) is 2. The Labute approximate surface area is 172 Å². The summed E-state index contributed by atoms with van der Waals surface area (Å²) in [6.07, 6.45) is 3.02. The van der Waals surface area contributed by atoms with Crippen LogP contribution in [-0.2, 0) is 4.74 Å². The van der Waals surface area contributed by atoms with Crippen LogP contribution in [0.25, 0.3) is 0 Å². The van der Waals surface area contributed by atoms with Gasteiger partial charge in [0.05, 0.1) is 31.1 Å². The van der Waals surface area contributed by atoms with E-state index in [1.807, 2.05) is 26.1 Å². The van der Waals surface area contributed by atoms with E-state index in [-0.39, 0.29) is 11.9 Å². The number of nitrogens with zero attached hydrogens (tertiary/aromatic N) is 5. The first-order valence-corrected chi connectivity index (χ1v) is 10.2. The van der Waals surface area contributed by atoms with Gasteiger partial charge in [0.1, 0.15) is 17.5 Å². The first kappa shape index (κ1) is 19.5. The van der Waals surface area contributed by atoms with Crippen LogP contribution in [-0.4, -0.2) is 46.2 Å². The van der Waals surface area contributed by atoms with E-state index < -0.39 is 0 Å². The summed E-state index contributed by atoms with van der Waals surface area (Å²) in [5, 5.41) is 7.30. The molecule has 0 bridgehead atoms. The highest BCUT2D eigenvalue weighted by molar-refractivity contribution is 7.15. The quantitative estimate of drug-likeness (QED) is 0.632. The minimum Gasteiger partial charge on any atom is -0.378 e. The minimum atomic E-state index is -0.364. The fourth-order valence-corrected chi connectivity index (χ4v) is 3.62. The number of rotatable bonds is 6. The maximum atomic E-state index is 13.2. The van der Waals surface area contributed by atoms with Crippen LogP contribution < -0.4 is 15.5 Å². The minimum absolute atomic E-state index is 0.189. The molecule has 1 aliphatic rings. The third kappa shape index (κ3) is 4.96. The highest BCUT2D eigenvalue weighted by atomic mass is 32.1. The van der Waals surface area contributed by atoms with Crippen LogP contribution in [0.1, 0.15) is 23.5 Å². The largest absolute Gasteiger partial charge is 0.378 e. The van der Waals surface area contributed by atoms with E-state index in [2.05, 4.69) is 35.5 Å². The van der Waals surface area contributed by atoms with Crippen LogP contribution >= 0.6 is 11.3 Å². The average molecular weight is 415 g/mol. The van der Waals surface area contributed by atoms with E-state index in [1.165, 1.54) is 12.3 Å². The van der Waals surface area contributed by atoms with Crippen LogP contribution in [0.4, 0.5) is 27.1 Å². The van der Waals surface area contributed by atoms with Gasteiger partial charge in [-0.1, -0.05) is 0 Å². The summed E-state index contributed by atoms with van der Waals surface area (Å²) in [7, 11) is 0. The van der Waals surface area contributed by atoms with Crippen molar-refractivity contribution in [1.82, 2.24) is 19.9 Å². The summed E-state index contributed by atoms with van der Waals surface area (Å²) < 4.78 is 18.6. The van der Waals surface area contributed by atoms with Gasteiger partial charge in [-0.3, -0.25) is 4.98 Å². The lowest BCUT2D eigenvalue weighted by Crippen LogP contribution is -2.37. The lowest BCUT2D eigenvalue weighted by atomic mass is 10.2. The number of aryl methyl sites for hydroxylation is 1.